The molecule has 2 fully saturated rings. The van der Waals surface area contributed by atoms with Gasteiger partial charge in [-0.05, 0) is 89.8 Å². The smallest absolute Gasteiger partial charge is 0.129 e. The van der Waals surface area contributed by atoms with Crippen molar-refractivity contribution in [3.63, 3.8) is 0 Å². The highest BCUT2D eigenvalue weighted by Gasteiger charge is 2.47. The van der Waals surface area contributed by atoms with Crippen LogP contribution in [0.15, 0.2) is 41.0 Å². The molecule has 0 spiro atoms. The third-order valence-electron chi connectivity index (χ3n) is 7.17. The van der Waals surface area contributed by atoms with Crippen molar-refractivity contribution >= 4 is 22.9 Å². The Morgan fingerprint density at radius 3 is 2.82 bits per heavy atom. The maximum atomic E-state index is 6.16. The number of aryl methyl sites for hydroxylation is 1. The van der Waals surface area contributed by atoms with Crippen LogP contribution in [0.5, 0.6) is 5.75 Å². The van der Waals surface area contributed by atoms with Crippen molar-refractivity contribution in [2.45, 2.75) is 50.8 Å². The summed E-state index contributed by atoms with van der Waals surface area (Å²) < 4.78 is 6.01. The Morgan fingerprint density at radius 2 is 1.93 bits per heavy atom. The van der Waals surface area contributed by atoms with E-state index in [0.717, 1.165) is 47.6 Å². The van der Waals surface area contributed by atoms with Crippen molar-refractivity contribution < 1.29 is 4.74 Å². The highest BCUT2D eigenvalue weighted by molar-refractivity contribution is 6.30. The molecule has 0 radical (unpaired) electrons. The first-order valence-electron chi connectivity index (χ1n) is 10.4. The van der Waals surface area contributed by atoms with Crippen LogP contribution >= 0.6 is 11.6 Å². The monoisotopic (exact) mass is 388 g/mol. The molecule has 3 atom stereocenters. The van der Waals surface area contributed by atoms with E-state index < -0.39 is 0 Å². The average Bonchev–Trinajstić information content (AvgIpc) is 3.13. The molecular formula is C24H21ClN2O. The quantitative estimate of drug-likeness (QED) is 0.732. The van der Waals surface area contributed by atoms with Crippen molar-refractivity contribution in [2.75, 3.05) is 0 Å². The number of allylic oxidation sites excluding steroid dienone is 2. The van der Waals surface area contributed by atoms with E-state index >= 15 is 0 Å². The van der Waals surface area contributed by atoms with Crippen molar-refractivity contribution in [1.29, 1.82) is 0 Å². The third kappa shape index (κ3) is 2.23. The second-order valence-electron chi connectivity index (χ2n) is 8.86. The SMILES string of the molecule is Clc1ccc2c(c1)OCc1cc3c(cc1-2)CCC1=C3CC([C@@H]2C[C@H]3C[C@H]3N2)=N1. The van der Waals surface area contributed by atoms with Gasteiger partial charge in [0.25, 0.3) is 0 Å². The molecule has 0 bridgehead atoms. The fourth-order valence-corrected chi connectivity index (χ4v) is 5.75. The number of benzene rings is 2. The molecule has 28 heavy (non-hydrogen) atoms. The van der Waals surface area contributed by atoms with Gasteiger partial charge in [0.05, 0.1) is 0 Å². The Morgan fingerprint density at radius 1 is 1.00 bits per heavy atom. The molecule has 1 saturated carbocycles. The molecule has 0 amide bonds. The zero-order valence-electron chi connectivity index (χ0n) is 15.6. The number of piperidine rings is 1. The Bertz CT molecular complexity index is 1110. The summed E-state index contributed by atoms with van der Waals surface area (Å²) in [6, 6.07) is 12.0. The molecule has 3 heterocycles. The van der Waals surface area contributed by atoms with Gasteiger partial charge >= 0.3 is 0 Å². The van der Waals surface area contributed by atoms with Gasteiger partial charge in [-0.2, -0.15) is 0 Å². The van der Waals surface area contributed by atoms with E-state index in [1.165, 1.54) is 52.1 Å². The lowest BCUT2D eigenvalue weighted by atomic mass is 9.83. The summed E-state index contributed by atoms with van der Waals surface area (Å²) in [5, 5.41) is 4.51. The van der Waals surface area contributed by atoms with E-state index in [4.69, 9.17) is 21.3 Å². The minimum atomic E-state index is 0.510. The standard InChI is InChI=1S/C24H21ClN2O/c25-15-2-3-16-18-5-12-1-4-20-19(17(12)6-14(18)11-28-24(16)9-15)10-23(26-20)22-8-13-7-21(13)27-22/h2-3,5-6,9,13,21-22,27H,1,4,7-8,10-11H2/t13-,21-,22+/m1/s1. The summed E-state index contributed by atoms with van der Waals surface area (Å²) in [6.07, 6.45) is 5.82. The van der Waals surface area contributed by atoms with E-state index in [2.05, 4.69) is 23.5 Å². The first-order valence-corrected chi connectivity index (χ1v) is 10.7. The highest BCUT2D eigenvalue weighted by Crippen LogP contribution is 2.47. The number of ether oxygens (including phenoxy) is 1. The topological polar surface area (TPSA) is 33.6 Å². The molecule has 1 N–H and O–H groups in total. The van der Waals surface area contributed by atoms with Crippen molar-refractivity contribution in [3.05, 3.63) is 57.7 Å². The van der Waals surface area contributed by atoms with Crippen LogP contribution < -0.4 is 10.1 Å². The van der Waals surface area contributed by atoms with Crippen LogP contribution in [-0.4, -0.2) is 17.8 Å². The van der Waals surface area contributed by atoms with Crippen molar-refractivity contribution in [3.8, 4) is 16.9 Å². The molecule has 5 aliphatic rings. The number of hydrogen-bond acceptors (Lipinski definition) is 3. The highest BCUT2D eigenvalue weighted by atomic mass is 35.5. The molecule has 4 heteroatoms. The van der Waals surface area contributed by atoms with Crippen molar-refractivity contribution in [2.24, 2.45) is 10.9 Å². The fraction of sp³-hybridized carbons (Fsp3) is 0.375. The molecule has 2 aromatic rings. The molecule has 140 valence electrons. The largest absolute Gasteiger partial charge is 0.488 e. The lowest BCUT2D eigenvalue weighted by Crippen LogP contribution is -2.33. The molecule has 2 aliphatic carbocycles. The lowest BCUT2D eigenvalue weighted by molar-refractivity contribution is 0.302. The molecule has 0 unspecified atom stereocenters. The predicted molar refractivity (Wildman–Crippen MR) is 112 cm³/mol. The molecule has 2 aromatic carbocycles. The van der Waals surface area contributed by atoms with Crippen LogP contribution in [0.1, 0.15) is 42.4 Å². The van der Waals surface area contributed by atoms with Gasteiger partial charge in [-0.25, -0.2) is 0 Å². The number of nitrogens with one attached hydrogen (secondary N) is 1. The van der Waals surface area contributed by atoms with Gasteiger partial charge in [0.2, 0.25) is 0 Å². The number of hydrogen-bond donors (Lipinski definition) is 1. The Kier molecular flexibility index (Phi) is 3.09. The maximum absolute atomic E-state index is 6.16. The van der Waals surface area contributed by atoms with Crippen LogP contribution in [0.2, 0.25) is 5.02 Å². The van der Waals surface area contributed by atoms with Crippen LogP contribution in [0, 0.1) is 5.92 Å². The Labute approximate surface area is 169 Å². The minimum Gasteiger partial charge on any atom is -0.488 e. The predicted octanol–water partition coefficient (Wildman–Crippen LogP) is 5.15. The molecule has 7 rings (SSSR count). The zero-order valence-corrected chi connectivity index (χ0v) is 16.4. The third-order valence-corrected chi connectivity index (χ3v) is 7.40. The summed E-state index contributed by atoms with van der Waals surface area (Å²) in [4.78, 5) is 5.09. The summed E-state index contributed by atoms with van der Waals surface area (Å²) >= 11 is 6.16. The molecule has 3 nitrogen and oxygen atoms in total. The normalized spacial score (nSPS) is 28.6. The van der Waals surface area contributed by atoms with Gasteiger partial charge in [-0.15, -0.1) is 0 Å². The summed E-state index contributed by atoms with van der Waals surface area (Å²) in [6.45, 7) is 0.611. The van der Waals surface area contributed by atoms with Crippen molar-refractivity contribution in [1.82, 2.24) is 5.32 Å². The zero-order chi connectivity index (χ0) is 18.4. The van der Waals surface area contributed by atoms with Crippen LogP contribution in [0.3, 0.4) is 0 Å². The summed E-state index contributed by atoms with van der Waals surface area (Å²) in [5.74, 6) is 1.81. The van der Waals surface area contributed by atoms with Crippen LogP contribution in [-0.2, 0) is 13.0 Å². The molecule has 3 aliphatic heterocycles. The van der Waals surface area contributed by atoms with E-state index in [1.807, 2.05) is 12.1 Å². The van der Waals surface area contributed by atoms with E-state index in [0.29, 0.717) is 12.6 Å². The number of nitrogens with zero attached hydrogens (tertiary/aromatic N) is 1. The summed E-state index contributed by atoms with van der Waals surface area (Å²) in [7, 11) is 0. The number of rotatable bonds is 1. The number of aliphatic imine (C=N–C) groups is 1. The van der Waals surface area contributed by atoms with E-state index in [1.54, 1.807) is 0 Å². The molecule has 0 aromatic heterocycles. The average molecular weight is 389 g/mol. The lowest BCUT2D eigenvalue weighted by Gasteiger charge is -2.26. The molecule has 1 saturated heterocycles. The van der Waals surface area contributed by atoms with Gasteiger partial charge in [-0.3, -0.25) is 4.99 Å². The minimum absolute atomic E-state index is 0.510. The molecular weight excluding hydrogens is 368 g/mol. The van der Waals surface area contributed by atoms with Gasteiger partial charge in [0.15, 0.2) is 0 Å². The second kappa shape index (κ2) is 5.49. The van der Waals surface area contributed by atoms with E-state index in [-0.39, 0.29) is 0 Å². The number of fused-ring (bicyclic) bond motifs is 6. The van der Waals surface area contributed by atoms with E-state index in [9.17, 15) is 0 Å². The maximum Gasteiger partial charge on any atom is 0.129 e. The summed E-state index contributed by atoms with van der Waals surface area (Å²) in [5.41, 5.74) is 10.8. The first-order chi connectivity index (χ1) is 13.7. The number of halogens is 1. The van der Waals surface area contributed by atoms with Gasteiger partial charge in [0, 0.05) is 40.5 Å². The van der Waals surface area contributed by atoms with Gasteiger partial charge in [-0.1, -0.05) is 11.6 Å². The fourth-order valence-electron chi connectivity index (χ4n) is 5.59. The van der Waals surface area contributed by atoms with Crippen LogP contribution in [0.25, 0.3) is 16.7 Å². The first kappa shape index (κ1) is 15.8. The Balaban J connectivity index is 1.26. The van der Waals surface area contributed by atoms with Crippen LogP contribution in [0.4, 0.5) is 0 Å². The van der Waals surface area contributed by atoms with Gasteiger partial charge in [0.1, 0.15) is 12.4 Å². The Hall–Kier alpha value is -2.10. The van der Waals surface area contributed by atoms with Gasteiger partial charge < -0.3 is 10.1 Å². The second-order valence-corrected chi connectivity index (χ2v) is 9.29.